The van der Waals surface area contributed by atoms with E-state index in [-0.39, 0.29) is 13.7 Å². The van der Waals surface area contributed by atoms with E-state index in [2.05, 4.69) is 52.0 Å². The minimum atomic E-state index is -3.64. The van der Waals surface area contributed by atoms with Crippen LogP contribution in [0.1, 0.15) is 26.8 Å². The van der Waals surface area contributed by atoms with E-state index < -0.39 is 10.0 Å². The zero-order valence-electron chi connectivity index (χ0n) is 20.0. The second kappa shape index (κ2) is 11.2. The van der Waals surface area contributed by atoms with E-state index in [1.165, 1.54) is 46.5 Å². The van der Waals surface area contributed by atoms with E-state index in [1.807, 2.05) is 0 Å². The van der Waals surface area contributed by atoms with Crippen molar-refractivity contribution in [2.45, 2.75) is 31.6 Å². The van der Waals surface area contributed by atoms with Gasteiger partial charge in [-0.05, 0) is 67.8 Å². The molecule has 2 aromatic carbocycles. The lowest BCUT2D eigenvalue weighted by molar-refractivity contribution is -0.117. The Balaban J connectivity index is 0.000000265. The highest BCUT2D eigenvalue weighted by Crippen LogP contribution is 2.24. The molecule has 2 aliphatic heterocycles. The van der Waals surface area contributed by atoms with Crippen LogP contribution in [-0.2, 0) is 14.8 Å². The summed E-state index contributed by atoms with van der Waals surface area (Å²) in [5.74, 6) is 0.0755. The summed E-state index contributed by atoms with van der Waals surface area (Å²) in [6.07, 6.45) is 2.92. The number of sulfonamides is 1. The third-order valence-corrected chi connectivity index (χ3v) is 8.33. The zero-order valence-corrected chi connectivity index (χ0v) is 21.7. The third-order valence-electron chi connectivity index (χ3n) is 6.16. The third kappa shape index (κ3) is 6.39. The number of carbonyl (C=O) groups is 1. The van der Waals surface area contributed by atoms with Crippen molar-refractivity contribution in [1.29, 1.82) is 0 Å². The van der Waals surface area contributed by atoms with Crippen LogP contribution >= 0.6 is 11.3 Å². The smallest absolute Gasteiger partial charge is 0.263 e. The van der Waals surface area contributed by atoms with E-state index in [0.29, 0.717) is 18.1 Å². The molecule has 3 aromatic rings. The first-order valence-electron chi connectivity index (χ1n) is 11.7. The van der Waals surface area contributed by atoms with E-state index in [1.54, 1.807) is 22.4 Å². The van der Waals surface area contributed by atoms with Crippen LogP contribution in [0.25, 0.3) is 0 Å². The number of carbonyl (C=O) groups excluding carboxylic acids is 1. The van der Waals surface area contributed by atoms with Gasteiger partial charge in [0.2, 0.25) is 5.91 Å². The monoisotopic (exact) mass is 517 g/mol. The highest BCUT2D eigenvalue weighted by molar-refractivity contribution is 7.93. The summed E-state index contributed by atoms with van der Waals surface area (Å²) in [5.41, 5.74) is 4.87. The Hall–Kier alpha value is -2.95. The minimum absolute atomic E-state index is 0. The molecule has 10 heteroatoms. The number of nitrogens with zero attached hydrogens (tertiary/aromatic N) is 3. The minimum Gasteiger partial charge on any atom is -0.369 e. The van der Waals surface area contributed by atoms with Gasteiger partial charge in [-0.2, -0.15) is 0 Å². The van der Waals surface area contributed by atoms with Crippen molar-refractivity contribution in [2.24, 2.45) is 0 Å². The molecule has 3 heterocycles. The quantitative estimate of drug-likeness (QED) is 0.525. The summed E-state index contributed by atoms with van der Waals surface area (Å²) >= 11 is 1.21. The summed E-state index contributed by atoms with van der Waals surface area (Å²) in [5, 5.41) is 5.39. The Morgan fingerprint density at radius 2 is 1.71 bits per heavy atom. The molecule has 0 unspecified atom stereocenters. The van der Waals surface area contributed by atoms with Gasteiger partial charge in [0.15, 0.2) is 5.13 Å². The highest BCUT2D eigenvalue weighted by Gasteiger charge is 2.22. The average Bonchev–Trinajstić information content (AvgIpc) is 3.53. The number of benzene rings is 2. The van der Waals surface area contributed by atoms with Crippen molar-refractivity contribution in [1.82, 2.24) is 10.3 Å². The molecular formula is C25H35N5O3S2. The van der Waals surface area contributed by atoms with Gasteiger partial charge in [-0.25, -0.2) is 13.4 Å². The number of nitrogens with one attached hydrogen (secondary N) is 2. The van der Waals surface area contributed by atoms with Crippen LogP contribution in [0.2, 0.25) is 0 Å². The maximum Gasteiger partial charge on any atom is 0.263 e. The lowest BCUT2D eigenvalue weighted by atomic mass is 10.1. The van der Waals surface area contributed by atoms with Gasteiger partial charge < -0.3 is 15.1 Å². The molecule has 2 saturated heterocycles. The topological polar surface area (TPSA) is 94.6 Å². The molecule has 35 heavy (non-hydrogen) atoms. The molecule has 2 fully saturated rings. The Bertz CT molecular complexity index is 1250. The Morgan fingerprint density at radius 1 is 1.00 bits per heavy atom. The number of aromatic nitrogens is 1. The molecule has 5 rings (SSSR count). The van der Waals surface area contributed by atoms with Crippen LogP contribution in [0.15, 0.2) is 58.9 Å². The summed E-state index contributed by atoms with van der Waals surface area (Å²) < 4.78 is 26.8. The molecule has 0 spiro atoms. The number of thiazole rings is 1. The van der Waals surface area contributed by atoms with Gasteiger partial charge in [0.1, 0.15) is 0 Å². The largest absolute Gasteiger partial charge is 0.369 e. The summed E-state index contributed by atoms with van der Waals surface area (Å²) in [4.78, 5) is 19.8. The molecule has 0 radical (unpaired) electrons. The Labute approximate surface area is 214 Å². The molecular weight excluding hydrogens is 482 g/mol. The average molecular weight is 518 g/mol. The summed E-state index contributed by atoms with van der Waals surface area (Å²) in [7, 11) is -3.64. The second-order valence-electron chi connectivity index (χ2n) is 8.59. The number of piperazine rings is 1. The van der Waals surface area contributed by atoms with E-state index in [9.17, 15) is 13.2 Å². The van der Waals surface area contributed by atoms with Crippen molar-refractivity contribution in [3.05, 3.63) is 65.2 Å². The predicted octanol–water partition coefficient (Wildman–Crippen LogP) is 4.28. The molecule has 0 bridgehead atoms. The van der Waals surface area contributed by atoms with Crippen LogP contribution in [0.3, 0.4) is 0 Å². The number of rotatable bonds is 5. The maximum absolute atomic E-state index is 12.2. The van der Waals surface area contributed by atoms with Crippen molar-refractivity contribution < 1.29 is 16.1 Å². The SMILES string of the molecule is Cc1ccc(N2CCNCC2)cc1C.O=C1CCCN1c1ccc(S(=O)(=O)Nc2nccs2)cc1.[HH].[HH]. The van der Waals surface area contributed by atoms with Gasteiger partial charge in [-0.15, -0.1) is 11.3 Å². The van der Waals surface area contributed by atoms with E-state index in [0.717, 1.165) is 38.3 Å². The predicted molar refractivity (Wildman–Crippen MR) is 146 cm³/mol. The fourth-order valence-corrected chi connectivity index (χ4v) is 5.81. The number of hydrogen-bond acceptors (Lipinski definition) is 7. The lowest BCUT2D eigenvalue weighted by Gasteiger charge is -2.29. The van der Waals surface area contributed by atoms with Crippen molar-refractivity contribution >= 4 is 43.8 Å². The van der Waals surface area contributed by atoms with Gasteiger partial charge in [0.25, 0.3) is 10.0 Å². The first-order valence-corrected chi connectivity index (χ1v) is 14.1. The van der Waals surface area contributed by atoms with Crippen molar-refractivity contribution in [3.8, 4) is 0 Å². The summed E-state index contributed by atoms with van der Waals surface area (Å²) in [6.45, 7) is 9.49. The first kappa shape index (κ1) is 25.2. The fourth-order valence-electron chi connectivity index (χ4n) is 4.02. The van der Waals surface area contributed by atoms with Crippen LogP contribution in [0.4, 0.5) is 16.5 Å². The Kier molecular flexibility index (Phi) is 8.04. The van der Waals surface area contributed by atoms with Crippen LogP contribution < -0.4 is 19.8 Å². The van der Waals surface area contributed by atoms with E-state index >= 15 is 0 Å². The lowest BCUT2D eigenvalue weighted by Crippen LogP contribution is -2.43. The molecule has 1 amide bonds. The van der Waals surface area contributed by atoms with E-state index in [4.69, 9.17) is 0 Å². The number of aryl methyl sites for hydroxylation is 2. The fraction of sp³-hybridized carbons (Fsp3) is 0.360. The number of anilines is 3. The first-order chi connectivity index (χ1) is 16.8. The molecule has 2 aliphatic rings. The van der Waals surface area contributed by atoms with Gasteiger partial charge in [0.05, 0.1) is 4.90 Å². The van der Waals surface area contributed by atoms with Crippen molar-refractivity contribution in [3.63, 3.8) is 0 Å². The Morgan fingerprint density at radius 3 is 2.31 bits per heavy atom. The zero-order chi connectivity index (χ0) is 24.8. The standard InChI is InChI=1S/C13H13N3O3S2.C12H18N2.2H2/c17-12-2-1-8-16(12)10-3-5-11(6-4-10)21(18,19)15-13-14-7-9-20-13;1-10-3-4-12(9-11(10)2)14-7-5-13-6-8-14;;/h3-7,9H,1-2,8H2,(H,14,15);3-4,9,13H,5-8H2,1-2H3;2*1H. The highest BCUT2D eigenvalue weighted by atomic mass is 32.2. The molecule has 2 N–H and O–H groups in total. The van der Waals surface area contributed by atoms with Crippen LogP contribution in [0.5, 0.6) is 0 Å². The number of amides is 1. The van der Waals surface area contributed by atoms with Gasteiger partial charge in [0, 0.05) is 64.9 Å². The van der Waals surface area contributed by atoms with Gasteiger partial charge in [-0.1, -0.05) is 6.07 Å². The van der Waals surface area contributed by atoms with Crippen molar-refractivity contribution in [2.75, 3.05) is 47.2 Å². The van der Waals surface area contributed by atoms with Crippen LogP contribution in [-0.4, -0.2) is 52.0 Å². The molecule has 1 aromatic heterocycles. The normalized spacial score (nSPS) is 16.1. The maximum atomic E-state index is 12.2. The number of hydrogen-bond donors (Lipinski definition) is 2. The van der Waals surface area contributed by atoms with Crippen LogP contribution in [0, 0.1) is 13.8 Å². The van der Waals surface area contributed by atoms with Gasteiger partial charge in [-0.3, -0.25) is 9.52 Å². The molecule has 8 nitrogen and oxygen atoms in total. The van der Waals surface area contributed by atoms with Gasteiger partial charge >= 0.3 is 0 Å². The molecule has 190 valence electrons. The molecule has 0 atom stereocenters. The molecule has 0 aliphatic carbocycles. The second-order valence-corrected chi connectivity index (χ2v) is 11.2. The summed E-state index contributed by atoms with van der Waals surface area (Å²) in [6, 6.07) is 13.0. The molecule has 0 saturated carbocycles.